The van der Waals surface area contributed by atoms with Crippen molar-refractivity contribution in [1.82, 2.24) is 0 Å². The first-order valence-electron chi connectivity index (χ1n) is 6.39. The average molecular weight is 319 g/mol. The molecule has 19 heavy (non-hydrogen) atoms. The lowest BCUT2D eigenvalue weighted by Gasteiger charge is -2.17. The molecule has 0 amide bonds. The van der Waals surface area contributed by atoms with Crippen LogP contribution in [-0.4, -0.2) is 7.11 Å². The Morgan fingerprint density at radius 2 is 1.58 bits per heavy atom. The Kier molecular flexibility index (Phi) is 4.31. The van der Waals surface area contributed by atoms with E-state index in [1.165, 1.54) is 22.3 Å². The fourth-order valence-electron chi connectivity index (χ4n) is 2.45. The molecule has 0 aliphatic rings. The number of benzene rings is 2. The first-order valence-corrected chi connectivity index (χ1v) is 7.31. The molecule has 0 radical (unpaired) electrons. The zero-order valence-electron chi connectivity index (χ0n) is 11.8. The summed E-state index contributed by atoms with van der Waals surface area (Å²) in [5, 5.41) is 0. The van der Waals surface area contributed by atoms with E-state index in [-0.39, 0.29) is 4.83 Å². The molecule has 0 heterocycles. The van der Waals surface area contributed by atoms with Gasteiger partial charge in [0.25, 0.3) is 0 Å². The van der Waals surface area contributed by atoms with Gasteiger partial charge in [0.2, 0.25) is 0 Å². The van der Waals surface area contributed by atoms with Gasteiger partial charge in [-0.1, -0.05) is 46.3 Å². The van der Waals surface area contributed by atoms with Crippen molar-refractivity contribution in [3.05, 3.63) is 64.2 Å². The molecule has 0 aliphatic carbocycles. The van der Waals surface area contributed by atoms with Crippen molar-refractivity contribution in [2.75, 3.05) is 7.11 Å². The van der Waals surface area contributed by atoms with Gasteiger partial charge in [0.1, 0.15) is 5.75 Å². The van der Waals surface area contributed by atoms with Gasteiger partial charge in [0, 0.05) is 0 Å². The molecule has 0 saturated heterocycles. The van der Waals surface area contributed by atoms with Gasteiger partial charge in [-0.15, -0.1) is 0 Å². The van der Waals surface area contributed by atoms with Crippen LogP contribution in [-0.2, 0) is 0 Å². The Hall–Kier alpha value is -1.28. The van der Waals surface area contributed by atoms with Crippen LogP contribution in [0.5, 0.6) is 5.75 Å². The molecule has 1 atom stereocenters. The number of methoxy groups -OCH3 is 1. The van der Waals surface area contributed by atoms with Crippen LogP contribution in [0.15, 0.2) is 36.4 Å². The van der Waals surface area contributed by atoms with E-state index in [2.05, 4.69) is 67.0 Å². The van der Waals surface area contributed by atoms with Crippen molar-refractivity contribution in [2.45, 2.75) is 25.6 Å². The van der Waals surface area contributed by atoms with Gasteiger partial charge in [-0.3, -0.25) is 0 Å². The Morgan fingerprint density at radius 1 is 0.947 bits per heavy atom. The second kappa shape index (κ2) is 5.79. The number of aryl methyl sites for hydroxylation is 3. The number of alkyl halides is 1. The molecule has 0 N–H and O–H groups in total. The van der Waals surface area contributed by atoms with Crippen molar-refractivity contribution in [3.8, 4) is 5.75 Å². The summed E-state index contributed by atoms with van der Waals surface area (Å²) in [7, 11) is 1.71. The minimum Gasteiger partial charge on any atom is -0.496 e. The smallest absolute Gasteiger partial charge is 0.121 e. The highest BCUT2D eigenvalue weighted by atomic mass is 79.9. The first-order chi connectivity index (χ1) is 9.04. The third-order valence-corrected chi connectivity index (χ3v) is 4.49. The molecule has 0 fully saturated rings. The molecular formula is C17H19BrO. The molecule has 0 aromatic heterocycles. The second-order valence-electron chi connectivity index (χ2n) is 4.90. The lowest BCUT2D eigenvalue weighted by atomic mass is 9.95. The zero-order chi connectivity index (χ0) is 14.0. The summed E-state index contributed by atoms with van der Waals surface area (Å²) >= 11 is 3.84. The number of halogens is 1. The average Bonchev–Trinajstić information content (AvgIpc) is 2.38. The molecule has 0 aliphatic heterocycles. The molecule has 1 nitrogen and oxygen atoms in total. The summed E-state index contributed by atoms with van der Waals surface area (Å²) in [6.45, 7) is 6.40. The Balaban J connectivity index is 2.44. The fourth-order valence-corrected chi connectivity index (χ4v) is 3.46. The normalized spacial score (nSPS) is 12.3. The maximum Gasteiger partial charge on any atom is 0.121 e. The highest BCUT2D eigenvalue weighted by Gasteiger charge is 2.15. The summed E-state index contributed by atoms with van der Waals surface area (Å²) in [5.74, 6) is 0.935. The van der Waals surface area contributed by atoms with E-state index in [9.17, 15) is 0 Å². The largest absolute Gasteiger partial charge is 0.496 e. The van der Waals surface area contributed by atoms with Gasteiger partial charge in [0.15, 0.2) is 0 Å². The Morgan fingerprint density at radius 3 is 2.11 bits per heavy atom. The van der Waals surface area contributed by atoms with Crippen molar-refractivity contribution in [3.63, 3.8) is 0 Å². The number of hydrogen-bond acceptors (Lipinski definition) is 1. The van der Waals surface area contributed by atoms with Gasteiger partial charge < -0.3 is 4.74 Å². The molecule has 2 aromatic carbocycles. The summed E-state index contributed by atoms with van der Waals surface area (Å²) in [6, 6.07) is 12.8. The van der Waals surface area contributed by atoms with Gasteiger partial charge in [0.05, 0.1) is 11.9 Å². The van der Waals surface area contributed by atoms with E-state index in [1.807, 2.05) is 6.07 Å². The van der Waals surface area contributed by atoms with E-state index in [0.29, 0.717) is 0 Å². The summed E-state index contributed by atoms with van der Waals surface area (Å²) in [4.78, 5) is 0.221. The second-order valence-corrected chi connectivity index (χ2v) is 5.81. The molecule has 2 rings (SSSR count). The van der Waals surface area contributed by atoms with Crippen LogP contribution in [0, 0.1) is 20.8 Å². The van der Waals surface area contributed by atoms with Crippen LogP contribution >= 0.6 is 15.9 Å². The lowest BCUT2D eigenvalue weighted by Crippen LogP contribution is -2.00. The molecule has 1 unspecified atom stereocenters. The molecule has 2 heteroatoms. The predicted octanol–water partition coefficient (Wildman–Crippen LogP) is 5.10. The molecule has 100 valence electrons. The highest BCUT2D eigenvalue weighted by Crippen LogP contribution is 2.36. The number of ether oxygens (including phenoxy) is 1. The van der Waals surface area contributed by atoms with Crippen LogP contribution in [0.1, 0.15) is 32.6 Å². The van der Waals surface area contributed by atoms with E-state index < -0.39 is 0 Å². The van der Waals surface area contributed by atoms with E-state index in [4.69, 9.17) is 4.74 Å². The molecule has 0 bridgehead atoms. The van der Waals surface area contributed by atoms with Crippen LogP contribution < -0.4 is 4.74 Å². The highest BCUT2D eigenvalue weighted by molar-refractivity contribution is 9.09. The van der Waals surface area contributed by atoms with Gasteiger partial charge in [-0.25, -0.2) is 0 Å². The van der Waals surface area contributed by atoms with Gasteiger partial charge in [-0.05, 0) is 54.7 Å². The fraction of sp³-hybridized carbons (Fsp3) is 0.294. The molecule has 0 spiro atoms. The van der Waals surface area contributed by atoms with Crippen molar-refractivity contribution >= 4 is 15.9 Å². The molecular weight excluding hydrogens is 300 g/mol. The van der Waals surface area contributed by atoms with Gasteiger partial charge in [-0.2, -0.15) is 0 Å². The summed E-state index contributed by atoms with van der Waals surface area (Å²) in [6.07, 6.45) is 0. The third-order valence-electron chi connectivity index (χ3n) is 3.51. The summed E-state index contributed by atoms with van der Waals surface area (Å²) in [5.41, 5.74) is 6.41. The monoisotopic (exact) mass is 318 g/mol. The molecule has 0 saturated carbocycles. The van der Waals surface area contributed by atoms with E-state index in [0.717, 1.165) is 11.3 Å². The standard InChI is InChI=1S/C17H19BrO/c1-11-6-5-7-12(2)16(11)17(18)14-8-9-15(19-4)13(3)10-14/h5-10,17H,1-4H3. The maximum absolute atomic E-state index is 5.32. The quantitative estimate of drug-likeness (QED) is 0.715. The first kappa shape index (κ1) is 14.1. The van der Waals surface area contributed by atoms with Crippen LogP contribution in [0.3, 0.4) is 0 Å². The SMILES string of the molecule is COc1ccc(C(Br)c2c(C)cccc2C)cc1C. The van der Waals surface area contributed by atoms with Crippen LogP contribution in [0.4, 0.5) is 0 Å². The van der Waals surface area contributed by atoms with Crippen molar-refractivity contribution in [1.29, 1.82) is 0 Å². The topological polar surface area (TPSA) is 9.23 Å². The maximum atomic E-state index is 5.32. The predicted molar refractivity (Wildman–Crippen MR) is 84.4 cm³/mol. The van der Waals surface area contributed by atoms with E-state index in [1.54, 1.807) is 7.11 Å². The zero-order valence-corrected chi connectivity index (χ0v) is 13.4. The van der Waals surface area contributed by atoms with Crippen LogP contribution in [0.25, 0.3) is 0 Å². The Bertz CT molecular complexity index is 570. The Labute approximate surface area is 123 Å². The summed E-state index contributed by atoms with van der Waals surface area (Å²) < 4.78 is 5.32. The van der Waals surface area contributed by atoms with E-state index >= 15 is 0 Å². The minimum atomic E-state index is 0.221. The van der Waals surface area contributed by atoms with Crippen LogP contribution in [0.2, 0.25) is 0 Å². The third kappa shape index (κ3) is 2.84. The number of rotatable bonds is 3. The van der Waals surface area contributed by atoms with Gasteiger partial charge >= 0.3 is 0 Å². The molecule has 2 aromatic rings. The lowest BCUT2D eigenvalue weighted by molar-refractivity contribution is 0.411. The minimum absolute atomic E-state index is 0.221. The van der Waals surface area contributed by atoms with Crippen molar-refractivity contribution < 1.29 is 4.74 Å². The number of hydrogen-bond donors (Lipinski definition) is 0. The van der Waals surface area contributed by atoms with Crippen molar-refractivity contribution in [2.24, 2.45) is 0 Å².